The van der Waals surface area contributed by atoms with Crippen LogP contribution in [0.5, 0.6) is 0 Å². The summed E-state index contributed by atoms with van der Waals surface area (Å²) >= 11 is 0. The molecule has 0 aliphatic rings. The predicted molar refractivity (Wildman–Crippen MR) is 48.3 cm³/mol. The lowest BCUT2D eigenvalue weighted by Crippen LogP contribution is -2.08. The van der Waals surface area contributed by atoms with Gasteiger partial charge in [0.05, 0.1) is 5.69 Å². The molecule has 0 fully saturated rings. The second-order valence-corrected chi connectivity index (χ2v) is 2.56. The van der Waals surface area contributed by atoms with Gasteiger partial charge in [-0.15, -0.1) is 0 Å². The van der Waals surface area contributed by atoms with E-state index in [-0.39, 0.29) is 1.43 Å². The number of hydrogen-bond donors (Lipinski definition) is 2. The Morgan fingerprint density at radius 2 is 2.18 bits per heavy atom. The van der Waals surface area contributed by atoms with E-state index >= 15 is 0 Å². The Labute approximate surface area is 67.7 Å². The lowest BCUT2D eigenvalue weighted by atomic mass is 10.3. The van der Waals surface area contributed by atoms with Crippen LogP contribution in [0.15, 0.2) is 24.3 Å². The minimum atomic E-state index is 0. The van der Waals surface area contributed by atoms with Crippen molar-refractivity contribution >= 4 is 11.4 Å². The van der Waals surface area contributed by atoms with Crippen LogP contribution in [0, 0.1) is 0 Å². The Morgan fingerprint density at radius 3 is 2.73 bits per heavy atom. The molecule has 3 nitrogen and oxygen atoms in total. The molecule has 62 valence electrons. The second kappa shape index (κ2) is 3.25. The number of rotatable bonds is 2. The van der Waals surface area contributed by atoms with Crippen LogP contribution >= 0.6 is 0 Å². The summed E-state index contributed by atoms with van der Waals surface area (Å²) in [5.74, 6) is 0. The van der Waals surface area contributed by atoms with Crippen LogP contribution in [-0.2, 0) is 0 Å². The highest BCUT2D eigenvalue weighted by atomic mass is 16.5. The van der Waals surface area contributed by atoms with Gasteiger partial charge in [-0.2, -0.15) is 0 Å². The highest BCUT2D eigenvalue weighted by molar-refractivity contribution is 5.56. The SMILES string of the molecule is CN(C)c1cccc(NO)c1.[HH]. The fraction of sp³-hybridized carbons (Fsp3) is 0.250. The minimum absolute atomic E-state index is 0. The predicted octanol–water partition coefficient (Wildman–Crippen LogP) is 1.80. The van der Waals surface area contributed by atoms with Gasteiger partial charge in [-0.3, -0.25) is 10.7 Å². The van der Waals surface area contributed by atoms with Crippen molar-refractivity contribution in [2.24, 2.45) is 0 Å². The molecule has 0 aliphatic heterocycles. The summed E-state index contributed by atoms with van der Waals surface area (Å²) < 4.78 is 0. The standard InChI is InChI=1S/C8H12N2O.H2/c1-10(2)8-5-3-4-7(6-8)9-11;/h3-6,9,11H,1-2H3;1H. The number of anilines is 2. The molecule has 0 aromatic heterocycles. The van der Waals surface area contributed by atoms with Crippen molar-refractivity contribution in [1.29, 1.82) is 0 Å². The summed E-state index contributed by atoms with van der Waals surface area (Å²) in [4.78, 5) is 1.97. The highest BCUT2D eigenvalue weighted by Crippen LogP contribution is 2.15. The smallest absolute Gasteiger partial charge is 0.0622 e. The van der Waals surface area contributed by atoms with Crippen LogP contribution in [0.1, 0.15) is 1.43 Å². The third kappa shape index (κ3) is 1.85. The van der Waals surface area contributed by atoms with Gasteiger partial charge in [0, 0.05) is 21.2 Å². The maximum atomic E-state index is 8.58. The van der Waals surface area contributed by atoms with Gasteiger partial charge in [-0.05, 0) is 18.2 Å². The summed E-state index contributed by atoms with van der Waals surface area (Å²) in [6.07, 6.45) is 0. The zero-order valence-electron chi connectivity index (χ0n) is 6.70. The molecule has 0 spiro atoms. The first-order chi connectivity index (χ1) is 5.24. The van der Waals surface area contributed by atoms with Crippen LogP contribution in [0.2, 0.25) is 0 Å². The number of benzene rings is 1. The Kier molecular flexibility index (Phi) is 2.33. The average Bonchev–Trinajstić information content (AvgIpc) is 2.05. The first-order valence-electron chi connectivity index (χ1n) is 3.41. The molecule has 0 amide bonds. The number of hydrogen-bond acceptors (Lipinski definition) is 3. The first-order valence-corrected chi connectivity index (χ1v) is 3.41. The molecule has 11 heavy (non-hydrogen) atoms. The van der Waals surface area contributed by atoms with Gasteiger partial charge in [0.2, 0.25) is 0 Å². The molecule has 0 radical (unpaired) electrons. The molecule has 0 bridgehead atoms. The summed E-state index contributed by atoms with van der Waals surface area (Å²) in [5, 5.41) is 8.58. The quantitative estimate of drug-likeness (QED) is 0.637. The third-order valence-corrected chi connectivity index (χ3v) is 1.49. The van der Waals surface area contributed by atoms with E-state index in [1.165, 1.54) is 0 Å². The molecule has 3 heteroatoms. The van der Waals surface area contributed by atoms with E-state index in [0.717, 1.165) is 5.69 Å². The normalized spacial score (nSPS) is 9.36. The van der Waals surface area contributed by atoms with Gasteiger partial charge < -0.3 is 4.90 Å². The third-order valence-electron chi connectivity index (χ3n) is 1.49. The number of nitrogens with one attached hydrogen (secondary N) is 1. The molecule has 0 unspecified atom stereocenters. The fourth-order valence-corrected chi connectivity index (χ4v) is 0.854. The highest BCUT2D eigenvalue weighted by Gasteiger charge is 1.94. The summed E-state index contributed by atoms with van der Waals surface area (Å²) in [5.41, 5.74) is 3.86. The van der Waals surface area contributed by atoms with Crippen LogP contribution in [-0.4, -0.2) is 19.3 Å². The van der Waals surface area contributed by atoms with Crippen molar-refractivity contribution in [1.82, 2.24) is 0 Å². The minimum Gasteiger partial charge on any atom is -0.378 e. The van der Waals surface area contributed by atoms with Crippen molar-refractivity contribution < 1.29 is 6.63 Å². The molecular formula is C8H14N2O. The molecule has 0 atom stereocenters. The zero-order chi connectivity index (χ0) is 8.27. The molecule has 1 aromatic carbocycles. The Morgan fingerprint density at radius 1 is 1.45 bits per heavy atom. The monoisotopic (exact) mass is 154 g/mol. The molecule has 0 saturated carbocycles. The van der Waals surface area contributed by atoms with E-state index in [0.29, 0.717) is 5.69 Å². The first kappa shape index (κ1) is 7.88. The van der Waals surface area contributed by atoms with Gasteiger partial charge in [-0.25, -0.2) is 0 Å². The van der Waals surface area contributed by atoms with Crippen molar-refractivity contribution in [2.75, 3.05) is 24.5 Å². The van der Waals surface area contributed by atoms with Crippen molar-refractivity contribution in [3.8, 4) is 0 Å². The van der Waals surface area contributed by atoms with E-state index in [1.807, 2.05) is 37.2 Å². The van der Waals surface area contributed by atoms with Crippen LogP contribution in [0.4, 0.5) is 11.4 Å². The maximum Gasteiger partial charge on any atom is 0.0622 e. The van der Waals surface area contributed by atoms with Gasteiger partial charge in [0.1, 0.15) is 0 Å². The van der Waals surface area contributed by atoms with E-state index in [2.05, 4.69) is 5.48 Å². The van der Waals surface area contributed by atoms with Gasteiger partial charge >= 0.3 is 0 Å². The average molecular weight is 154 g/mol. The molecule has 1 aromatic rings. The zero-order valence-corrected chi connectivity index (χ0v) is 6.70. The maximum absolute atomic E-state index is 8.58. The fourth-order valence-electron chi connectivity index (χ4n) is 0.854. The molecule has 0 heterocycles. The molecule has 2 N–H and O–H groups in total. The van der Waals surface area contributed by atoms with Crippen LogP contribution < -0.4 is 10.4 Å². The van der Waals surface area contributed by atoms with Crippen molar-refractivity contribution in [3.05, 3.63) is 24.3 Å². The van der Waals surface area contributed by atoms with E-state index in [9.17, 15) is 0 Å². The Bertz CT molecular complexity index is 240. The topological polar surface area (TPSA) is 35.5 Å². The lowest BCUT2D eigenvalue weighted by molar-refractivity contribution is 0.389. The van der Waals surface area contributed by atoms with Gasteiger partial charge in [0.25, 0.3) is 0 Å². The molecule has 0 saturated heterocycles. The van der Waals surface area contributed by atoms with Crippen molar-refractivity contribution in [2.45, 2.75) is 0 Å². The molecule has 0 aliphatic carbocycles. The van der Waals surface area contributed by atoms with Crippen LogP contribution in [0.25, 0.3) is 0 Å². The summed E-state index contributed by atoms with van der Waals surface area (Å²) in [6.45, 7) is 0. The summed E-state index contributed by atoms with van der Waals surface area (Å²) in [7, 11) is 3.91. The molecule has 1 rings (SSSR count). The van der Waals surface area contributed by atoms with Crippen molar-refractivity contribution in [3.63, 3.8) is 0 Å². The van der Waals surface area contributed by atoms with E-state index in [4.69, 9.17) is 5.21 Å². The van der Waals surface area contributed by atoms with Gasteiger partial charge in [-0.1, -0.05) is 6.07 Å². The largest absolute Gasteiger partial charge is 0.378 e. The summed E-state index contributed by atoms with van der Waals surface area (Å²) in [6, 6.07) is 7.52. The Balaban J connectivity index is 0.00000121. The van der Waals surface area contributed by atoms with Gasteiger partial charge in [0.15, 0.2) is 0 Å². The second-order valence-electron chi connectivity index (χ2n) is 2.56. The van der Waals surface area contributed by atoms with E-state index < -0.39 is 0 Å². The van der Waals surface area contributed by atoms with Crippen LogP contribution in [0.3, 0.4) is 0 Å². The lowest BCUT2D eigenvalue weighted by Gasteiger charge is -2.12. The number of nitrogens with zero attached hydrogens (tertiary/aromatic N) is 1. The van der Waals surface area contributed by atoms with E-state index in [1.54, 1.807) is 6.07 Å². The molecular weight excluding hydrogens is 140 g/mol. The Hall–Kier alpha value is -1.22.